The number of methoxy groups -OCH3 is 7. The Bertz CT molecular complexity index is 2980. The highest BCUT2D eigenvalue weighted by Crippen LogP contribution is 2.42. The molecule has 0 radical (unpaired) electrons. The highest BCUT2D eigenvalue weighted by Gasteiger charge is 2.34. The average molecular weight is 1090 g/mol. The summed E-state index contributed by atoms with van der Waals surface area (Å²) in [6.07, 6.45) is -7.91. The molecular weight excluding hydrogens is 1060 g/mol. The van der Waals surface area contributed by atoms with Crippen molar-refractivity contribution in [2.45, 2.75) is 19.1 Å². The molecule has 0 spiro atoms. The number of pyridine rings is 3. The average Bonchev–Trinajstić information content (AvgIpc) is 3.36. The Hall–Kier alpha value is -9.38. The van der Waals surface area contributed by atoms with E-state index in [0.29, 0.717) is 0 Å². The molecule has 0 saturated heterocycles. The fourth-order valence-corrected chi connectivity index (χ4v) is 5.76. The van der Waals surface area contributed by atoms with Gasteiger partial charge in [0.25, 0.3) is 0 Å². The lowest BCUT2D eigenvalue weighted by Gasteiger charge is -2.15. The molecule has 30 heteroatoms. The number of carbonyl (C=O) groups is 3. The van der Waals surface area contributed by atoms with Gasteiger partial charge in [-0.25, -0.2) is 18.8 Å². The van der Waals surface area contributed by atoms with E-state index in [2.05, 4.69) is 38.6 Å². The van der Waals surface area contributed by atoms with Crippen LogP contribution in [0.3, 0.4) is 0 Å². The molecule has 20 nitrogen and oxygen atoms in total. The molecule has 3 aromatic carbocycles. The van der Waals surface area contributed by atoms with Gasteiger partial charge in [0.2, 0.25) is 0 Å². The highest BCUT2D eigenvalue weighted by atomic mass is 19.4. The second-order valence-electron chi connectivity index (χ2n) is 13.6. The standard InChI is InChI=1S/C16H14F3NO6.C15H11F4NO5.C15H12F3NO6/c1-22-11-6-9(26-16(17,18)19)4-5-10(11)25-13-8-20-7-12(23-2)14(13)15(21)24-3;1-22-11-5-8(25-15(17,18)19)3-4-10(11)24-12-7-20-6-9(16)13(12)14(21)23-2;1-22-10-5-8(25-15(16,17)18)3-4-9(10)24-12-7-19-6-11(23-2)13(12)14(20)21/h4-8H,1-3H3;3-7H,1-2H3;3-7H,1-2H3,(H,20,21). The Kier molecular flexibility index (Phi) is 20.3. The van der Waals surface area contributed by atoms with E-state index in [1.807, 2.05) is 0 Å². The number of aromatic nitrogens is 3. The summed E-state index contributed by atoms with van der Waals surface area (Å²) < 4.78 is 186. The smallest absolute Gasteiger partial charge is 0.494 e. The molecule has 0 aliphatic heterocycles. The van der Waals surface area contributed by atoms with Crippen molar-refractivity contribution in [3.8, 4) is 80.5 Å². The van der Waals surface area contributed by atoms with E-state index in [-0.39, 0.29) is 74.4 Å². The summed E-state index contributed by atoms with van der Waals surface area (Å²) in [6.45, 7) is 0. The SMILES string of the molecule is COC(=O)c1c(F)cncc1Oc1ccc(OC(F)(F)F)cc1OC.COC(=O)c1c(OC)cncc1Oc1ccc(OC(F)(F)F)cc1OC.COc1cc(OC(F)(F)F)ccc1Oc1cncc(OC)c1C(=O)O. The van der Waals surface area contributed by atoms with Crippen LogP contribution in [-0.4, -0.2) is 107 Å². The van der Waals surface area contributed by atoms with E-state index < -0.39 is 65.6 Å². The molecule has 0 aliphatic carbocycles. The fourth-order valence-electron chi connectivity index (χ4n) is 5.76. The van der Waals surface area contributed by atoms with Crippen molar-refractivity contribution in [2.75, 3.05) is 49.8 Å². The minimum absolute atomic E-state index is 0.0287. The molecule has 3 aromatic heterocycles. The van der Waals surface area contributed by atoms with Gasteiger partial charge in [-0.1, -0.05) is 0 Å². The molecule has 0 amide bonds. The number of carboxylic acid groups (broad SMARTS) is 1. The second kappa shape index (κ2) is 26.0. The van der Waals surface area contributed by atoms with Crippen LogP contribution in [0.4, 0.5) is 43.9 Å². The Balaban J connectivity index is 0.000000246. The van der Waals surface area contributed by atoms with Crippen LogP contribution in [-0.2, 0) is 9.47 Å². The number of aromatic carboxylic acids is 1. The van der Waals surface area contributed by atoms with Gasteiger partial charge in [-0.2, -0.15) is 0 Å². The topological polar surface area (TPSA) is 230 Å². The van der Waals surface area contributed by atoms with Crippen molar-refractivity contribution in [2.24, 2.45) is 0 Å². The third-order valence-corrected chi connectivity index (χ3v) is 8.82. The first-order valence-electron chi connectivity index (χ1n) is 20.2. The molecule has 0 atom stereocenters. The quantitative estimate of drug-likeness (QED) is 0.0661. The van der Waals surface area contributed by atoms with Crippen LogP contribution < -0.4 is 52.1 Å². The Labute approximate surface area is 421 Å². The molecule has 0 aliphatic rings. The first-order valence-corrected chi connectivity index (χ1v) is 20.2. The molecule has 76 heavy (non-hydrogen) atoms. The first kappa shape index (κ1) is 59.2. The van der Waals surface area contributed by atoms with E-state index in [0.717, 1.165) is 74.2 Å². The lowest BCUT2D eigenvalue weighted by atomic mass is 10.2. The van der Waals surface area contributed by atoms with Crippen LogP contribution in [0.15, 0.2) is 91.8 Å². The van der Waals surface area contributed by atoms with Gasteiger partial charge < -0.3 is 66.7 Å². The third-order valence-electron chi connectivity index (χ3n) is 8.82. The van der Waals surface area contributed by atoms with Crippen LogP contribution in [0.1, 0.15) is 31.1 Å². The maximum Gasteiger partial charge on any atom is 0.573 e. The van der Waals surface area contributed by atoms with Crippen LogP contribution in [0, 0.1) is 5.82 Å². The van der Waals surface area contributed by atoms with E-state index in [1.54, 1.807) is 0 Å². The summed E-state index contributed by atoms with van der Waals surface area (Å²) in [4.78, 5) is 46.3. The number of esters is 2. The summed E-state index contributed by atoms with van der Waals surface area (Å²) >= 11 is 0. The highest BCUT2D eigenvalue weighted by molar-refractivity contribution is 5.96. The maximum atomic E-state index is 13.8. The number of benzene rings is 3. The molecule has 0 unspecified atom stereocenters. The molecule has 6 rings (SSSR count). The van der Waals surface area contributed by atoms with Gasteiger partial charge in [0.1, 0.15) is 33.9 Å². The van der Waals surface area contributed by atoms with Crippen molar-refractivity contribution >= 4 is 17.9 Å². The van der Waals surface area contributed by atoms with Crippen LogP contribution >= 0.6 is 0 Å². The lowest BCUT2D eigenvalue weighted by molar-refractivity contribution is -0.275. The van der Waals surface area contributed by atoms with E-state index >= 15 is 0 Å². The Morgan fingerprint density at radius 1 is 0.395 bits per heavy atom. The number of hydrogen-bond acceptors (Lipinski definition) is 19. The van der Waals surface area contributed by atoms with E-state index in [4.69, 9.17) is 37.9 Å². The predicted molar refractivity (Wildman–Crippen MR) is 235 cm³/mol. The lowest BCUT2D eigenvalue weighted by Crippen LogP contribution is -2.17. The number of carbonyl (C=O) groups excluding carboxylic acids is 2. The molecule has 0 saturated carbocycles. The van der Waals surface area contributed by atoms with E-state index in [9.17, 15) is 63.4 Å². The normalized spacial score (nSPS) is 10.9. The number of ether oxygens (including phenoxy) is 13. The van der Waals surface area contributed by atoms with E-state index in [1.165, 1.54) is 67.3 Å². The van der Waals surface area contributed by atoms with Gasteiger partial charge in [0, 0.05) is 18.2 Å². The summed E-state index contributed by atoms with van der Waals surface area (Å²) in [5, 5.41) is 9.29. The minimum atomic E-state index is -4.88. The van der Waals surface area contributed by atoms with Crippen molar-refractivity contribution in [3.63, 3.8) is 0 Å². The van der Waals surface area contributed by atoms with Gasteiger partial charge in [-0.15, -0.1) is 39.5 Å². The van der Waals surface area contributed by atoms with Gasteiger partial charge in [0.15, 0.2) is 69.1 Å². The Morgan fingerprint density at radius 3 is 1.00 bits per heavy atom. The molecule has 3 heterocycles. The summed E-state index contributed by atoms with van der Waals surface area (Å²) in [7, 11) is 8.45. The zero-order valence-electron chi connectivity index (χ0n) is 39.8. The monoisotopic (exact) mass is 1090 g/mol. The van der Waals surface area contributed by atoms with Gasteiger partial charge in [0.05, 0.1) is 86.9 Å². The Morgan fingerprint density at radius 2 is 0.684 bits per heavy atom. The molecular formula is C46H37F10N3O17. The number of rotatable bonds is 17. The molecule has 408 valence electrons. The van der Waals surface area contributed by atoms with Crippen molar-refractivity contribution in [3.05, 3.63) is 114 Å². The molecule has 0 fully saturated rings. The van der Waals surface area contributed by atoms with Crippen LogP contribution in [0.5, 0.6) is 80.5 Å². The summed E-state index contributed by atoms with van der Waals surface area (Å²) in [6, 6.07) is 9.32. The first-order chi connectivity index (χ1) is 35.8. The number of nitrogens with zero attached hydrogens (tertiary/aromatic N) is 3. The second-order valence-corrected chi connectivity index (χ2v) is 13.6. The van der Waals surface area contributed by atoms with Crippen LogP contribution in [0.2, 0.25) is 0 Å². The number of hydrogen-bond donors (Lipinski definition) is 1. The van der Waals surface area contributed by atoms with Gasteiger partial charge >= 0.3 is 37.0 Å². The predicted octanol–water partition coefficient (Wildman–Crippen LogP) is 10.8. The van der Waals surface area contributed by atoms with Gasteiger partial charge in [-0.3, -0.25) is 15.0 Å². The molecule has 0 bridgehead atoms. The fraction of sp³-hybridized carbons (Fsp3) is 0.217. The zero-order chi connectivity index (χ0) is 56.5. The molecule has 6 aromatic rings. The largest absolute Gasteiger partial charge is 0.573 e. The zero-order valence-corrected chi connectivity index (χ0v) is 39.8. The number of carboxylic acids is 1. The minimum Gasteiger partial charge on any atom is -0.494 e. The van der Waals surface area contributed by atoms with Crippen molar-refractivity contribution < 1.29 is 125 Å². The van der Waals surface area contributed by atoms with Crippen molar-refractivity contribution in [1.82, 2.24) is 15.0 Å². The summed E-state index contributed by atoms with van der Waals surface area (Å²) in [5.41, 5.74) is -0.854. The van der Waals surface area contributed by atoms with Crippen molar-refractivity contribution in [1.29, 1.82) is 0 Å². The maximum absolute atomic E-state index is 13.8. The van der Waals surface area contributed by atoms with Gasteiger partial charge in [-0.05, 0) is 36.4 Å². The number of alkyl halides is 9. The molecule has 1 N–H and O–H groups in total. The third kappa shape index (κ3) is 16.8. The van der Waals surface area contributed by atoms with Crippen LogP contribution in [0.25, 0.3) is 0 Å². The summed E-state index contributed by atoms with van der Waals surface area (Å²) in [5.74, 6) is -6.42. The number of halogens is 10.